The van der Waals surface area contributed by atoms with E-state index in [1.165, 1.54) is 12.1 Å². The molecular weight excluding hydrogens is 431 g/mol. The Morgan fingerprint density at radius 1 is 1.12 bits per heavy atom. The lowest BCUT2D eigenvalue weighted by atomic mass is 9.79. The highest BCUT2D eigenvalue weighted by molar-refractivity contribution is 6.30. The molecule has 0 saturated heterocycles. The third-order valence-electron chi connectivity index (χ3n) is 6.57. The van der Waals surface area contributed by atoms with Crippen LogP contribution in [-0.2, 0) is 11.3 Å². The maximum Gasteiger partial charge on any atom is 0.306 e. The minimum Gasteiger partial charge on any atom is -0.481 e. The Balaban J connectivity index is 1.55. The van der Waals surface area contributed by atoms with Crippen molar-refractivity contribution < 1.29 is 19.1 Å². The molecule has 2 aromatic carbocycles. The molecular formula is C25H26ClFN2O3. The van der Waals surface area contributed by atoms with E-state index in [1.54, 1.807) is 24.4 Å². The summed E-state index contributed by atoms with van der Waals surface area (Å²) in [6.07, 6.45) is 4.58. The van der Waals surface area contributed by atoms with E-state index in [0.29, 0.717) is 40.9 Å². The highest BCUT2D eigenvalue weighted by Crippen LogP contribution is 2.31. The zero-order valence-electron chi connectivity index (χ0n) is 17.9. The number of nitrogens with one attached hydrogen (secondary N) is 1. The molecule has 32 heavy (non-hydrogen) atoms. The number of hydrogen-bond donors (Lipinski definition) is 2. The highest BCUT2D eigenvalue weighted by Gasteiger charge is 2.30. The van der Waals surface area contributed by atoms with Crippen molar-refractivity contribution in [2.45, 2.75) is 45.2 Å². The maximum atomic E-state index is 14.5. The van der Waals surface area contributed by atoms with Crippen LogP contribution in [0.4, 0.5) is 4.39 Å². The van der Waals surface area contributed by atoms with Crippen LogP contribution in [0, 0.1) is 17.7 Å². The Labute approximate surface area is 191 Å². The minimum atomic E-state index is -0.740. The van der Waals surface area contributed by atoms with Crippen molar-refractivity contribution in [2.24, 2.45) is 11.8 Å². The van der Waals surface area contributed by atoms with Gasteiger partial charge in [0.25, 0.3) is 5.91 Å². The summed E-state index contributed by atoms with van der Waals surface area (Å²) in [5, 5.41) is 13.3. The number of carboxylic acid groups (broad SMARTS) is 1. The normalized spacial score (nSPS) is 19.6. The van der Waals surface area contributed by atoms with Crippen molar-refractivity contribution >= 4 is 34.4 Å². The Morgan fingerprint density at radius 3 is 2.47 bits per heavy atom. The van der Waals surface area contributed by atoms with Crippen molar-refractivity contribution in [1.82, 2.24) is 9.88 Å². The molecule has 1 heterocycles. The van der Waals surface area contributed by atoms with E-state index in [0.717, 1.165) is 18.4 Å². The fraction of sp³-hybridized carbons (Fsp3) is 0.360. The first-order valence-electron chi connectivity index (χ1n) is 10.9. The van der Waals surface area contributed by atoms with E-state index < -0.39 is 5.97 Å². The van der Waals surface area contributed by atoms with Crippen LogP contribution < -0.4 is 5.32 Å². The van der Waals surface area contributed by atoms with Gasteiger partial charge in [0.2, 0.25) is 0 Å². The van der Waals surface area contributed by atoms with E-state index in [2.05, 4.69) is 5.32 Å². The smallest absolute Gasteiger partial charge is 0.306 e. The molecule has 1 aliphatic carbocycles. The standard InChI is InChI=1S/C25H26ClFN2O3/c1-15(17-4-6-18(7-5-17)25(31)32)28-24(30)21-10-11-22(27)20-12-13-29(23(20)21)14-16-2-8-19(26)9-3-16/h2-3,8-13,15,17-18H,4-7,14H2,1H3,(H,28,30)(H,31,32). The van der Waals surface area contributed by atoms with Gasteiger partial charge in [-0.05, 0) is 74.4 Å². The lowest BCUT2D eigenvalue weighted by molar-refractivity contribution is -0.143. The lowest BCUT2D eigenvalue weighted by Crippen LogP contribution is -2.40. The zero-order valence-corrected chi connectivity index (χ0v) is 18.6. The molecule has 0 radical (unpaired) electrons. The summed E-state index contributed by atoms with van der Waals surface area (Å²) < 4.78 is 16.4. The quantitative estimate of drug-likeness (QED) is 0.515. The van der Waals surface area contributed by atoms with Gasteiger partial charge in [-0.2, -0.15) is 0 Å². The number of carboxylic acids is 1. The van der Waals surface area contributed by atoms with Crippen LogP contribution >= 0.6 is 11.6 Å². The fourth-order valence-corrected chi connectivity index (χ4v) is 4.79. The van der Waals surface area contributed by atoms with Gasteiger partial charge in [-0.15, -0.1) is 0 Å². The summed E-state index contributed by atoms with van der Waals surface area (Å²) >= 11 is 5.97. The fourth-order valence-electron chi connectivity index (χ4n) is 4.66. The average Bonchev–Trinajstić information content (AvgIpc) is 3.20. The Kier molecular flexibility index (Phi) is 6.51. The number of carbonyl (C=O) groups excluding carboxylic acids is 1. The number of nitrogens with zero attached hydrogens (tertiary/aromatic N) is 1. The second-order valence-electron chi connectivity index (χ2n) is 8.64. The number of amides is 1. The molecule has 0 bridgehead atoms. The van der Waals surface area contributed by atoms with Gasteiger partial charge in [0.05, 0.1) is 17.0 Å². The van der Waals surface area contributed by atoms with Crippen LogP contribution in [0.5, 0.6) is 0 Å². The maximum absolute atomic E-state index is 14.5. The number of fused-ring (bicyclic) bond motifs is 1. The summed E-state index contributed by atoms with van der Waals surface area (Å²) in [6.45, 7) is 2.44. The molecule has 0 aliphatic heterocycles. The number of halogens is 2. The van der Waals surface area contributed by atoms with Gasteiger partial charge >= 0.3 is 5.97 Å². The number of rotatable bonds is 6. The van der Waals surface area contributed by atoms with Gasteiger partial charge in [0.15, 0.2) is 0 Å². The average molecular weight is 457 g/mol. The number of aliphatic carboxylic acids is 1. The summed E-state index contributed by atoms with van der Waals surface area (Å²) in [6, 6.07) is 11.9. The highest BCUT2D eigenvalue weighted by atomic mass is 35.5. The SMILES string of the molecule is CC(NC(=O)c1ccc(F)c2ccn(Cc3ccc(Cl)cc3)c12)C1CCC(C(=O)O)CC1. The van der Waals surface area contributed by atoms with Crippen LogP contribution in [0.15, 0.2) is 48.7 Å². The molecule has 1 fully saturated rings. The second-order valence-corrected chi connectivity index (χ2v) is 9.08. The van der Waals surface area contributed by atoms with Gasteiger partial charge in [-0.3, -0.25) is 9.59 Å². The Hall–Kier alpha value is -2.86. The zero-order chi connectivity index (χ0) is 22.8. The van der Waals surface area contributed by atoms with Crippen molar-refractivity contribution in [3.05, 3.63) is 70.6 Å². The molecule has 168 valence electrons. The lowest BCUT2D eigenvalue weighted by Gasteiger charge is -2.31. The van der Waals surface area contributed by atoms with Crippen LogP contribution in [0.3, 0.4) is 0 Å². The molecule has 3 aromatic rings. The molecule has 7 heteroatoms. The molecule has 1 unspecified atom stereocenters. The van der Waals surface area contributed by atoms with E-state index in [-0.39, 0.29) is 29.6 Å². The number of carbonyl (C=O) groups is 2. The molecule has 1 saturated carbocycles. The minimum absolute atomic E-state index is 0.1000. The number of hydrogen-bond acceptors (Lipinski definition) is 2. The van der Waals surface area contributed by atoms with Gasteiger partial charge in [-0.1, -0.05) is 23.7 Å². The largest absolute Gasteiger partial charge is 0.481 e. The summed E-state index contributed by atoms with van der Waals surface area (Å²) in [7, 11) is 0. The van der Waals surface area contributed by atoms with Crippen molar-refractivity contribution in [3.63, 3.8) is 0 Å². The van der Waals surface area contributed by atoms with Crippen molar-refractivity contribution in [2.75, 3.05) is 0 Å². The monoisotopic (exact) mass is 456 g/mol. The topological polar surface area (TPSA) is 71.3 Å². The van der Waals surface area contributed by atoms with Gasteiger partial charge in [0.1, 0.15) is 5.82 Å². The molecule has 5 nitrogen and oxygen atoms in total. The molecule has 0 spiro atoms. The molecule has 1 amide bonds. The summed E-state index contributed by atoms with van der Waals surface area (Å²) in [4.78, 5) is 24.4. The second kappa shape index (κ2) is 9.33. The first-order chi connectivity index (χ1) is 15.3. The van der Waals surface area contributed by atoms with E-state index in [9.17, 15) is 19.1 Å². The van der Waals surface area contributed by atoms with Gasteiger partial charge in [0, 0.05) is 29.2 Å². The number of benzene rings is 2. The Morgan fingerprint density at radius 2 is 1.81 bits per heavy atom. The first-order valence-corrected chi connectivity index (χ1v) is 11.3. The van der Waals surface area contributed by atoms with Crippen LogP contribution in [0.25, 0.3) is 10.9 Å². The van der Waals surface area contributed by atoms with E-state index in [1.807, 2.05) is 23.6 Å². The molecule has 2 N–H and O–H groups in total. The van der Waals surface area contributed by atoms with E-state index in [4.69, 9.17) is 11.6 Å². The van der Waals surface area contributed by atoms with Gasteiger partial charge < -0.3 is 15.0 Å². The molecule has 1 aromatic heterocycles. The molecule has 1 aliphatic rings. The summed E-state index contributed by atoms with van der Waals surface area (Å²) in [5.41, 5.74) is 1.97. The number of aromatic nitrogens is 1. The third kappa shape index (κ3) is 4.65. The van der Waals surface area contributed by atoms with Crippen LogP contribution in [0.2, 0.25) is 5.02 Å². The van der Waals surface area contributed by atoms with Crippen LogP contribution in [-0.4, -0.2) is 27.6 Å². The molecule has 4 rings (SSSR count). The molecule has 1 atom stereocenters. The van der Waals surface area contributed by atoms with Crippen molar-refractivity contribution in [1.29, 1.82) is 0 Å². The third-order valence-corrected chi connectivity index (χ3v) is 6.82. The first kappa shape index (κ1) is 22.3. The predicted octanol–water partition coefficient (Wildman–Crippen LogP) is 5.49. The van der Waals surface area contributed by atoms with Crippen molar-refractivity contribution in [3.8, 4) is 0 Å². The van der Waals surface area contributed by atoms with Gasteiger partial charge in [-0.25, -0.2) is 4.39 Å². The summed E-state index contributed by atoms with van der Waals surface area (Å²) in [5.74, 6) is -1.42. The van der Waals surface area contributed by atoms with E-state index >= 15 is 0 Å². The van der Waals surface area contributed by atoms with Crippen LogP contribution in [0.1, 0.15) is 48.5 Å². The predicted molar refractivity (Wildman–Crippen MR) is 122 cm³/mol. The Bertz CT molecular complexity index is 1130.